The highest BCUT2D eigenvalue weighted by Crippen LogP contribution is 2.29. The summed E-state index contributed by atoms with van der Waals surface area (Å²) in [5, 5.41) is 2.09. The molecule has 0 saturated heterocycles. The lowest BCUT2D eigenvalue weighted by molar-refractivity contribution is 0.637. The van der Waals surface area contributed by atoms with Gasteiger partial charge in [-0.15, -0.1) is 0 Å². The molecule has 0 fully saturated rings. The van der Waals surface area contributed by atoms with Gasteiger partial charge < -0.3 is 4.98 Å². The molecule has 0 aliphatic heterocycles. The highest BCUT2D eigenvalue weighted by atomic mass is 35.5. The van der Waals surface area contributed by atoms with E-state index >= 15 is 0 Å². The normalized spacial score (nSPS) is 11.3. The van der Waals surface area contributed by atoms with Crippen LogP contribution in [0.25, 0.3) is 21.8 Å². The smallest absolute Gasteiger partial charge is 0.153 e. The molecular weight excluding hydrogens is 215 g/mol. The molecule has 0 aliphatic carbocycles. The first-order valence-corrected chi connectivity index (χ1v) is 4.85. The SMILES string of the molecule is Fc1cccc2c1[nH]c1c(Cl)nccc12. The Morgan fingerprint density at radius 3 is 2.80 bits per heavy atom. The number of rotatable bonds is 0. The van der Waals surface area contributed by atoms with Crippen LogP contribution in [-0.2, 0) is 0 Å². The van der Waals surface area contributed by atoms with Crippen LogP contribution < -0.4 is 0 Å². The Labute approximate surface area is 89.7 Å². The molecule has 1 aromatic carbocycles. The molecule has 74 valence electrons. The number of aromatic nitrogens is 2. The van der Waals surface area contributed by atoms with Crippen molar-refractivity contribution in [3.8, 4) is 0 Å². The maximum Gasteiger partial charge on any atom is 0.153 e. The molecule has 0 bridgehead atoms. The number of fused-ring (bicyclic) bond motifs is 3. The van der Waals surface area contributed by atoms with Crippen molar-refractivity contribution >= 4 is 33.4 Å². The average molecular weight is 221 g/mol. The number of hydrogen-bond acceptors (Lipinski definition) is 1. The fourth-order valence-electron chi connectivity index (χ4n) is 1.78. The zero-order valence-corrected chi connectivity index (χ0v) is 8.35. The van der Waals surface area contributed by atoms with Crippen LogP contribution in [0, 0.1) is 5.82 Å². The number of nitrogens with one attached hydrogen (secondary N) is 1. The number of halogens is 2. The van der Waals surface area contributed by atoms with Gasteiger partial charge in [-0.25, -0.2) is 9.37 Å². The molecule has 1 N–H and O–H groups in total. The monoisotopic (exact) mass is 220 g/mol. The third-order valence-corrected chi connectivity index (χ3v) is 2.75. The summed E-state index contributed by atoms with van der Waals surface area (Å²) in [4.78, 5) is 6.89. The number of hydrogen-bond donors (Lipinski definition) is 1. The van der Waals surface area contributed by atoms with Crippen molar-refractivity contribution in [2.45, 2.75) is 0 Å². The highest BCUT2D eigenvalue weighted by Gasteiger charge is 2.09. The van der Waals surface area contributed by atoms with Gasteiger partial charge in [0.15, 0.2) is 5.15 Å². The van der Waals surface area contributed by atoms with E-state index in [9.17, 15) is 4.39 Å². The minimum absolute atomic E-state index is 0.278. The standard InChI is InChI=1S/C11H6ClFN2/c12-11-10-7(4-5-14-11)6-2-1-3-8(13)9(6)15-10/h1-5,15H. The van der Waals surface area contributed by atoms with Gasteiger partial charge in [-0.1, -0.05) is 23.7 Å². The van der Waals surface area contributed by atoms with E-state index in [4.69, 9.17) is 11.6 Å². The Balaban J connectivity index is 2.63. The van der Waals surface area contributed by atoms with Crippen LogP contribution in [0.5, 0.6) is 0 Å². The second kappa shape index (κ2) is 2.94. The summed E-state index contributed by atoms with van der Waals surface area (Å²) >= 11 is 5.92. The van der Waals surface area contributed by atoms with Crippen LogP contribution in [0.15, 0.2) is 30.5 Å². The molecule has 2 nitrogen and oxygen atoms in total. The van der Waals surface area contributed by atoms with Gasteiger partial charge >= 0.3 is 0 Å². The number of nitrogens with zero attached hydrogens (tertiary/aromatic N) is 1. The summed E-state index contributed by atoms with van der Waals surface area (Å²) in [6.45, 7) is 0. The van der Waals surface area contributed by atoms with Crippen LogP contribution >= 0.6 is 11.6 Å². The van der Waals surface area contributed by atoms with Gasteiger partial charge in [0.25, 0.3) is 0 Å². The average Bonchev–Trinajstić information content (AvgIpc) is 2.60. The number of H-pyrrole nitrogens is 1. The molecule has 3 aromatic rings. The first-order valence-electron chi connectivity index (χ1n) is 4.48. The number of para-hydroxylation sites is 1. The van der Waals surface area contributed by atoms with E-state index < -0.39 is 0 Å². The second-order valence-electron chi connectivity index (χ2n) is 3.31. The molecule has 4 heteroatoms. The van der Waals surface area contributed by atoms with Crippen molar-refractivity contribution in [1.82, 2.24) is 9.97 Å². The van der Waals surface area contributed by atoms with E-state index in [1.807, 2.05) is 12.1 Å². The molecule has 0 aliphatic rings. The summed E-state index contributed by atoms with van der Waals surface area (Å²) in [7, 11) is 0. The van der Waals surface area contributed by atoms with Crippen LogP contribution in [-0.4, -0.2) is 9.97 Å². The Bertz CT molecular complexity index is 604. The zero-order chi connectivity index (χ0) is 10.4. The van der Waals surface area contributed by atoms with E-state index in [1.54, 1.807) is 12.3 Å². The first-order chi connectivity index (χ1) is 7.27. The molecule has 0 radical (unpaired) electrons. The van der Waals surface area contributed by atoms with E-state index in [0.717, 1.165) is 10.8 Å². The molecule has 3 rings (SSSR count). The Kier molecular flexibility index (Phi) is 1.70. The van der Waals surface area contributed by atoms with E-state index in [-0.39, 0.29) is 5.82 Å². The molecular formula is C11H6ClFN2. The fraction of sp³-hybridized carbons (Fsp3) is 0. The molecule has 0 amide bonds. The van der Waals surface area contributed by atoms with Gasteiger partial charge in [0.2, 0.25) is 0 Å². The lowest BCUT2D eigenvalue weighted by Crippen LogP contribution is -1.75. The van der Waals surface area contributed by atoms with E-state index in [1.165, 1.54) is 6.07 Å². The van der Waals surface area contributed by atoms with Gasteiger partial charge in [-0.05, 0) is 12.1 Å². The van der Waals surface area contributed by atoms with Crippen molar-refractivity contribution in [1.29, 1.82) is 0 Å². The van der Waals surface area contributed by atoms with Crippen molar-refractivity contribution in [2.75, 3.05) is 0 Å². The molecule has 15 heavy (non-hydrogen) atoms. The molecule has 0 spiro atoms. The quantitative estimate of drug-likeness (QED) is 0.577. The summed E-state index contributed by atoms with van der Waals surface area (Å²) in [5.74, 6) is -0.278. The van der Waals surface area contributed by atoms with Gasteiger partial charge in [-0.3, -0.25) is 0 Å². The Morgan fingerprint density at radius 1 is 1.13 bits per heavy atom. The van der Waals surface area contributed by atoms with Crippen molar-refractivity contribution in [3.63, 3.8) is 0 Å². The van der Waals surface area contributed by atoms with E-state index in [2.05, 4.69) is 9.97 Å². The lowest BCUT2D eigenvalue weighted by Gasteiger charge is -1.91. The van der Waals surface area contributed by atoms with Crippen LogP contribution in [0.3, 0.4) is 0 Å². The van der Waals surface area contributed by atoms with Crippen molar-refractivity contribution in [2.24, 2.45) is 0 Å². The summed E-state index contributed by atoms with van der Waals surface area (Å²) in [5.41, 5.74) is 1.15. The van der Waals surface area contributed by atoms with Crippen LogP contribution in [0.2, 0.25) is 5.15 Å². The van der Waals surface area contributed by atoms with Gasteiger partial charge in [0, 0.05) is 17.0 Å². The highest BCUT2D eigenvalue weighted by molar-refractivity contribution is 6.35. The van der Waals surface area contributed by atoms with Crippen LogP contribution in [0.4, 0.5) is 4.39 Å². The third-order valence-electron chi connectivity index (χ3n) is 2.46. The topological polar surface area (TPSA) is 28.7 Å². The molecule has 2 aromatic heterocycles. The number of aromatic amines is 1. The van der Waals surface area contributed by atoms with Gasteiger partial charge in [0.1, 0.15) is 5.82 Å². The lowest BCUT2D eigenvalue weighted by atomic mass is 10.2. The summed E-state index contributed by atoms with van der Waals surface area (Å²) < 4.78 is 13.5. The molecule has 2 heterocycles. The van der Waals surface area contributed by atoms with Gasteiger partial charge in [-0.2, -0.15) is 0 Å². The number of pyridine rings is 1. The minimum atomic E-state index is -0.278. The third kappa shape index (κ3) is 1.13. The predicted molar refractivity (Wildman–Crippen MR) is 58.6 cm³/mol. The maximum atomic E-state index is 13.5. The number of benzene rings is 1. The summed E-state index contributed by atoms with van der Waals surface area (Å²) in [6.07, 6.45) is 1.61. The molecule has 0 saturated carbocycles. The van der Waals surface area contributed by atoms with E-state index in [0.29, 0.717) is 16.2 Å². The van der Waals surface area contributed by atoms with Crippen LogP contribution in [0.1, 0.15) is 0 Å². The van der Waals surface area contributed by atoms with Crippen molar-refractivity contribution in [3.05, 3.63) is 41.4 Å². The van der Waals surface area contributed by atoms with Crippen molar-refractivity contribution < 1.29 is 4.39 Å². The first kappa shape index (κ1) is 8.68. The Hall–Kier alpha value is -1.61. The molecule has 0 unspecified atom stereocenters. The minimum Gasteiger partial charge on any atom is -0.350 e. The second-order valence-corrected chi connectivity index (χ2v) is 3.67. The van der Waals surface area contributed by atoms with Gasteiger partial charge in [0.05, 0.1) is 11.0 Å². The zero-order valence-electron chi connectivity index (χ0n) is 7.59. The fourth-order valence-corrected chi connectivity index (χ4v) is 1.99. The maximum absolute atomic E-state index is 13.5. The Morgan fingerprint density at radius 2 is 1.93 bits per heavy atom. The predicted octanol–water partition coefficient (Wildman–Crippen LogP) is 3.51. The summed E-state index contributed by atoms with van der Waals surface area (Å²) in [6, 6.07) is 6.77. The largest absolute Gasteiger partial charge is 0.350 e. The molecule has 0 atom stereocenters.